The molecular formula is C37H26N14O2. The van der Waals surface area contributed by atoms with Gasteiger partial charge in [0.2, 0.25) is 17.3 Å². The van der Waals surface area contributed by atoms with Crippen molar-refractivity contribution in [2.45, 2.75) is 17.4 Å². The molecule has 6 aromatic heterocycles. The quantitative estimate of drug-likeness (QED) is 0.241. The zero-order valence-electron chi connectivity index (χ0n) is 27.5. The summed E-state index contributed by atoms with van der Waals surface area (Å²) in [6.07, 6.45) is 19.8. The van der Waals surface area contributed by atoms with Crippen LogP contribution in [0.2, 0.25) is 0 Å². The van der Waals surface area contributed by atoms with E-state index in [4.69, 9.17) is 44.4 Å². The number of pyridine rings is 1. The highest BCUT2D eigenvalue weighted by Gasteiger charge is 2.68. The number of nitrogens with one attached hydrogen (secondary N) is 2. The van der Waals surface area contributed by atoms with Crippen LogP contribution in [-0.2, 0) is 16.1 Å². The van der Waals surface area contributed by atoms with Crippen molar-refractivity contribution in [1.82, 2.24) is 55.8 Å². The Bertz CT molecular complexity index is 2540. The van der Waals surface area contributed by atoms with E-state index in [2.05, 4.69) is 25.7 Å². The number of benzene rings is 1. The lowest BCUT2D eigenvalue weighted by Gasteiger charge is -2.58. The maximum Gasteiger partial charge on any atom is 0.232 e. The van der Waals surface area contributed by atoms with Crippen molar-refractivity contribution in [3.05, 3.63) is 169 Å². The molecule has 3 aliphatic rings. The molecule has 3 atom stereocenters. The average molecular weight is 699 g/mol. The van der Waals surface area contributed by atoms with E-state index in [1.54, 1.807) is 61.8 Å². The summed E-state index contributed by atoms with van der Waals surface area (Å²) in [5.74, 6) is 1.24. The second kappa shape index (κ2) is 12.0. The number of aromatic nitrogens is 10. The fourth-order valence-electron chi connectivity index (χ4n) is 7.26. The fraction of sp³-hybridized carbons (Fsp3) is 0.0811. The van der Waals surface area contributed by atoms with Gasteiger partial charge in [-0.2, -0.15) is 15.3 Å². The highest BCUT2D eigenvalue weighted by atomic mass is 16.5. The molecular weight excluding hydrogens is 673 g/mol. The van der Waals surface area contributed by atoms with E-state index in [9.17, 15) is 0 Å². The monoisotopic (exact) mass is 698 g/mol. The number of amidine groups is 1. The van der Waals surface area contributed by atoms with E-state index < -0.39 is 17.4 Å². The van der Waals surface area contributed by atoms with Gasteiger partial charge in [0.1, 0.15) is 35.0 Å². The van der Waals surface area contributed by atoms with Crippen LogP contribution in [0.5, 0.6) is 0 Å². The lowest BCUT2D eigenvalue weighted by atomic mass is 9.82. The lowest BCUT2D eigenvalue weighted by Crippen LogP contribution is -2.70. The van der Waals surface area contributed by atoms with Crippen LogP contribution in [0.15, 0.2) is 156 Å². The van der Waals surface area contributed by atoms with Gasteiger partial charge in [0.15, 0.2) is 6.10 Å². The number of hydrogen-bond acceptors (Lipinski definition) is 15. The first kappa shape index (κ1) is 30.2. The van der Waals surface area contributed by atoms with Gasteiger partial charge in [-0.3, -0.25) is 24.9 Å². The number of fused-ring (bicyclic) bond motifs is 2. The van der Waals surface area contributed by atoms with Crippen LogP contribution in [0.25, 0.3) is 16.6 Å². The first-order chi connectivity index (χ1) is 26.3. The predicted molar refractivity (Wildman–Crippen MR) is 191 cm³/mol. The summed E-state index contributed by atoms with van der Waals surface area (Å²) in [5.41, 5.74) is 0.399. The normalized spacial score (nSPS) is 22.0. The molecule has 0 saturated carbocycles. The third-order valence-corrected chi connectivity index (χ3v) is 9.26. The van der Waals surface area contributed by atoms with Crippen LogP contribution < -0.4 is 15.1 Å². The zero-order valence-corrected chi connectivity index (χ0v) is 27.5. The SMILES string of the molecule is C1=COC(C2=NC3(c4ccon4)C(=C(c4cnccn4)N(c4ncccn4)C(c4cccnn4)(c4[nH]nc5ccccc45)N3c3ccccn3)N2)C=C1. The number of anilines is 2. The third-order valence-electron chi connectivity index (χ3n) is 9.26. The van der Waals surface area contributed by atoms with Crippen LogP contribution in [0.4, 0.5) is 11.8 Å². The van der Waals surface area contributed by atoms with Gasteiger partial charge in [0.05, 0.1) is 35.1 Å². The van der Waals surface area contributed by atoms with Gasteiger partial charge in [-0.1, -0.05) is 35.5 Å². The Morgan fingerprint density at radius 3 is 2.47 bits per heavy atom. The van der Waals surface area contributed by atoms with Crippen LogP contribution in [0, 0.1) is 0 Å². The van der Waals surface area contributed by atoms with Crippen LogP contribution >= 0.6 is 0 Å². The Labute approximate surface area is 300 Å². The van der Waals surface area contributed by atoms with E-state index in [0.717, 1.165) is 5.39 Å². The summed E-state index contributed by atoms with van der Waals surface area (Å²) < 4.78 is 11.8. The largest absolute Gasteiger partial charge is 0.486 e. The Balaban J connectivity index is 1.47. The number of ether oxygens (including phenoxy) is 1. The first-order valence-corrected chi connectivity index (χ1v) is 16.6. The summed E-state index contributed by atoms with van der Waals surface area (Å²) in [7, 11) is 0. The van der Waals surface area contributed by atoms with Gasteiger partial charge in [0, 0.05) is 48.6 Å². The van der Waals surface area contributed by atoms with E-state index in [1.165, 1.54) is 6.26 Å². The number of nitrogens with zero attached hydrogens (tertiary/aromatic N) is 12. The molecule has 3 aliphatic heterocycles. The number of aromatic amines is 1. The molecule has 16 nitrogen and oxygen atoms in total. The molecule has 10 rings (SSSR count). The molecule has 7 aromatic rings. The third kappa shape index (κ3) is 4.41. The molecule has 256 valence electrons. The summed E-state index contributed by atoms with van der Waals surface area (Å²) in [6, 6.07) is 20.7. The molecule has 0 fully saturated rings. The van der Waals surface area contributed by atoms with Gasteiger partial charge in [0.25, 0.3) is 0 Å². The lowest BCUT2D eigenvalue weighted by molar-refractivity contribution is 0.236. The van der Waals surface area contributed by atoms with Crippen LogP contribution in [-0.4, -0.2) is 62.4 Å². The number of para-hydroxylation sites is 1. The number of allylic oxidation sites excluding steroid dienone is 2. The predicted octanol–water partition coefficient (Wildman–Crippen LogP) is 4.24. The van der Waals surface area contributed by atoms with Crippen molar-refractivity contribution in [2.75, 3.05) is 9.80 Å². The molecule has 0 radical (unpaired) electrons. The fourth-order valence-corrected chi connectivity index (χ4v) is 7.26. The van der Waals surface area contributed by atoms with E-state index >= 15 is 0 Å². The van der Waals surface area contributed by atoms with Gasteiger partial charge in [-0.05, 0) is 48.6 Å². The van der Waals surface area contributed by atoms with E-state index in [1.807, 2.05) is 82.6 Å². The molecule has 53 heavy (non-hydrogen) atoms. The standard InChI is InChI=1S/C37H26N14O2/c1-2-10-25-24(9-1)32(48-46-25)37(29-12-7-18-43-47-29)50(35-41-16-8-17-42-35)31(26-23-38-19-20-39-26)33-36(28-14-22-53-49-28,51(37)30-13-3-5-15-40-30)45-34(44-33)27-11-4-6-21-52-27/h1-23,27H,(H,44,45)(H,46,48). The van der Waals surface area contributed by atoms with Crippen molar-refractivity contribution in [3.8, 4) is 0 Å². The Kier molecular flexibility index (Phi) is 6.85. The molecule has 0 spiro atoms. The zero-order chi connectivity index (χ0) is 35.2. The van der Waals surface area contributed by atoms with Gasteiger partial charge in [-0.15, -0.1) is 0 Å². The number of hydrogen-bond donors (Lipinski definition) is 2. The number of rotatable bonds is 7. The van der Waals surface area contributed by atoms with Gasteiger partial charge >= 0.3 is 0 Å². The summed E-state index contributed by atoms with van der Waals surface area (Å²) in [4.78, 5) is 33.7. The minimum absolute atomic E-state index is 0.284. The molecule has 0 aliphatic carbocycles. The summed E-state index contributed by atoms with van der Waals surface area (Å²) >= 11 is 0. The minimum Gasteiger partial charge on any atom is -0.486 e. The average Bonchev–Trinajstić information content (AvgIpc) is 4.02. The Morgan fingerprint density at radius 2 is 1.70 bits per heavy atom. The number of H-pyrrole nitrogens is 1. The van der Waals surface area contributed by atoms with Crippen molar-refractivity contribution in [2.24, 2.45) is 4.99 Å². The van der Waals surface area contributed by atoms with E-state index in [0.29, 0.717) is 51.3 Å². The maximum atomic E-state index is 6.12. The van der Waals surface area contributed by atoms with Crippen molar-refractivity contribution >= 4 is 34.2 Å². The van der Waals surface area contributed by atoms with Crippen molar-refractivity contribution < 1.29 is 9.26 Å². The highest BCUT2D eigenvalue weighted by Crippen LogP contribution is 2.59. The molecule has 0 bridgehead atoms. The molecule has 0 amide bonds. The first-order valence-electron chi connectivity index (χ1n) is 16.6. The van der Waals surface area contributed by atoms with Crippen LogP contribution in [0.3, 0.4) is 0 Å². The van der Waals surface area contributed by atoms with Crippen molar-refractivity contribution in [1.29, 1.82) is 0 Å². The molecule has 2 N–H and O–H groups in total. The Morgan fingerprint density at radius 1 is 0.792 bits per heavy atom. The second-order valence-corrected chi connectivity index (χ2v) is 12.1. The molecule has 16 heteroatoms. The summed E-state index contributed by atoms with van der Waals surface area (Å²) in [6.45, 7) is 0. The Hall–Kier alpha value is -7.62. The van der Waals surface area contributed by atoms with Gasteiger partial charge < -0.3 is 14.6 Å². The van der Waals surface area contributed by atoms with E-state index in [-0.39, 0.29) is 5.95 Å². The van der Waals surface area contributed by atoms with Gasteiger partial charge in [-0.25, -0.2) is 19.9 Å². The molecule has 1 aromatic carbocycles. The molecule has 0 saturated heterocycles. The smallest absolute Gasteiger partial charge is 0.232 e. The highest BCUT2D eigenvalue weighted by molar-refractivity contribution is 6.00. The topological polar surface area (TPSA) is 185 Å². The summed E-state index contributed by atoms with van der Waals surface area (Å²) in [5, 5.41) is 26.6. The minimum atomic E-state index is -1.64. The molecule has 9 heterocycles. The van der Waals surface area contributed by atoms with Crippen LogP contribution in [0.1, 0.15) is 22.8 Å². The van der Waals surface area contributed by atoms with Crippen molar-refractivity contribution in [3.63, 3.8) is 0 Å². The maximum absolute atomic E-state index is 6.12. The number of aliphatic imine (C=N–C) groups is 1. The second-order valence-electron chi connectivity index (χ2n) is 12.1. The molecule has 3 unspecified atom stereocenters.